The van der Waals surface area contributed by atoms with Crippen LogP contribution < -0.4 is 0 Å². The number of allylic oxidation sites excluding steroid dienone is 3. The van der Waals surface area contributed by atoms with Gasteiger partial charge >= 0.3 is 5.97 Å². The Morgan fingerprint density at radius 2 is 2.21 bits per heavy atom. The minimum absolute atomic E-state index is 0.366. The second-order valence-electron chi connectivity index (χ2n) is 3.07. The quantitative estimate of drug-likeness (QED) is 0.425. The number of esters is 1. The van der Waals surface area contributed by atoms with E-state index in [0.29, 0.717) is 11.6 Å². The van der Waals surface area contributed by atoms with Crippen molar-refractivity contribution in [3.05, 3.63) is 35.8 Å². The molecule has 0 aromatic heterocycles. The van der Waals surface area contributed by atoms with Crippen LogP contribution in [-0.2, 0) is 9.53 Å². The Morgan fingerprint density at radius 3 is 2.79 bits per heavy atom. The average molecular weight is 190 g/mol. The number of ether oxygens (including phenoxy) is 1. The topological polar surface area (TPSA) is 41.9 Å². The van der Waals surface area contributed by atoms with Crippen molar-refractivity contribution in [3.63, 3.8) is 0 Å². The summed E-state index contributed by atoms with van der Waals surface area (Å²) in [5.41, 5.74) is 1.12. The van der Waals surface area contributed by atoms with E-state index in [1.165, 1.54) is 0 Å². The lowest BCUT2D eigenvalue weighted by molar-refractivity contribution is -0.130. The first-order valence-corrected chi connectivity index (χ1v) is 4.28. The maximum atomic E-state index is 11.4. The van der Waals surface area contributed by atoms with E-state index in [2.05, 4.69) is 4.99 Å². The van der Waals surface area contributed by atoms with Gasteiger partial charge in [-0.1, -0.05) is 6.08 Å². The van der Waals surface area contributed by atoms with Crippen LogP contribution in [0.3, 0.4) is 0 Å². The van der Waals surface area contributed by atoms with Crippen LogP contribution >= 0.6 is 0 Å². The minimum atomic E-state index is -0.385. The molecule has 0 atom stereocenters. The largest absolute Gasteiger partial charge is 0.407 e. The van der Waals surface area contributed by atoms with Gasteiger partial charge in [0, 0.05) is 20.2 Å². The zero-order valence-corrected chi connectivity index (χ0v) is 8.02. The molecule has 14 heavy (non-hydrogen) atoms. The fourth-order valence-corrected chi connectivity index (χ4v) is 1.34. The second-order valence-corrected chi connectivity index (χ2v) is 3.07. The molecule has 0 spiro atoms. The molecule has 0 radical (unpaired) electrons. The molecular weight excluding hydrogens is 180 g/mol. The maximum Gasteiger partial charge on any atom is 0.365 e. The number of nitrogens with zero attached hydrogens (tertiary/aromatic N) is 2. The molecule has 0 amide bonds. The summed E-state index contributed by atoms with van der Waals surface area (Å²) >= 11 is 0. The maximum absolute atomic E-state index is 11.4. The lowest BCUT2D eigenvalue weighted by Gasteiger charge is -2.17. The van der Waals surface area contributed by atoms with Gasteiger partial charge in [0.1, 0.15) is 0 Å². The van der Waals surface area contributed by atoms with Gasteiger partial charge in [0.15, 0.2) is 11.6 Å². The van der Waals surface area contributed by atoms with Gasteiger partial charge in [-0.05, 0) is 12.2 Å². The molecule has 2 aliphatic rings. The van der Waals surface area contributed by atoms with Crippen molar-refractivity contribution in [2.45, 2.75) is 6.92 Å². The summed E-state index contributed by atoms with van der Waals surface area (Å²) < 4.78 is 4.84. The van der Waals surface area contributed by atoms with E-state index in [4.69, 9.17) is 4.74 Å². The van der Waals surface area contributed by atoms with Gasteiger partial charge in [0.25, 0.3) is 0 Å². The third kappa shape index (κ3) is 1.35. The van der Waals surface area contributed by atoms with Crippen molar-refractivity contribution in [3.8, 4) is 0 Å². The Bertz CT molecular complexity index is 402. The van der Waals surface area contributed by atoms with E-state index in [1.54, 1.807) is 6.92 Å². The highest BCUT2D eigenvalue weighted by molar-refractivity contribution is 6.04. The minimum Gasteiger partial charge on any atom is -0.407 e. The lowest BCUT2D eigenvalue weighted by atomic mass is 10.2. The lowest BCUT2D eigenvalue weighted by Crippen LogP contribution is -2.15. The highest BCUT2D eigenvalue weighted by Gasteiger charge is 2.24. The normalized spacial score (nSPS) is 25.4. The van der Waals surface area contributed by atoms with Crippen molar-refractivity contribution >= 4 is 11.9 Å². The summed E-state index contributed by atoms with van der Waals surface area (Å²) in [5, 5.41) is 0. The predicted octanol–water partition coefficient (Wildman–Crippen LogP) is 1.19. The molecule has 0 N–H and O–H groups in total. The van der Waals surface area contributed by atoms with Crippen molar-refractivity contribution in [1.29, 1.82) is 0 Å². The van der Waals surface area contributed by atoms with Gasteiger partial charge in [-0.15, -0.1) is 0 Å². The predicted molar refractivity (Wildman–Crippen MR) is 52.3 cm³/mol. The number of rotatable bonds is 0. The number of cyclic esters (lactones) is 1. The Balaban J connectivity index is 2.45. The molecule has 72 valence electrons. The first kappa shape index (κ1) is 8.74. The summed E-state index contributed by atoms with van der Waals surface area (Å²) in [7, 11) is 1.86. The van der Waals surface area contributed by atoms with Crippen LogP contribution in [0.15, 0.2) is 40.8 Å². The number of likely N-dealkylation sites (N-methyl/N-ethyl adjacent to an activating group) is 1. The molecule has 0 bridgehead atoms. The van der Waals surface area contributed by atoms with E-state index in [-0.39, 0.29) is 5.97 Å². The van der Waals surface area contributed by atoms with E-state index in [9.17, 15) is 4.79 Å². The smallest absolute Gasteiger partial charge is 0.365 e. The van der Waals surface area contributed by atoms with Gasteiger partial charge < -0.3 is 9.64 Å². The summed E-state index contributed by atoms with van der Waals surface area (Å²) in [6, 6.07) is 0. The zero-order chi connectivity index (χ0) is 10.1. The van der Waals surface area contributed by atoms with Crippen LogP contribution in [0.1, 0.15) is 6.92 Å². The second kappa shape index (κ2) is 3.14. The van der Waals surface area contributed by atoms with Crippen LogP contribution in [-0.4, -0.2) is 23.8 Å². The van der Waals surface area contributed by atoms with Crippen LogP contribution in [0.5, 0.6) is 0 Å². The van der Waals surface area contributed by atoms with Crippen molar-refractivity contribution in [2.75, 3.05) is 7.05 Å². The molecule has 4 heteroatoms. The fraction of sp³-hybridized carbons (Fsp3) is 0.200. The molecule has 0 saturated heterocycles. The van der Waals surface area contributed by atoms with E-state index >= 15 is 0 Å². The highest BCUT2D eigenvalue weighted by atomic mass is 16.6. The molecule has 2 aliphatic heterocycles. The average Bonchev–Trinajstić information content (AvgIpc) is 2.46. The number of hydrogen-bond acceptors (Lipinski definition) is 4. The van der Waals surface area contributed by atoms with Gasteiger partial charge in [-0.3, -0.25) is 0 Å². The van der Waals surface area contributed by atoms with Crippen molar-refractivity contribution < 1.29 is 9.53 Å². The molecule has 2 heterocycles. The Morgan fingerprint density at radius 1 is 1.43 bits per heavy atom. The first-order chi connectivity index (χ1) is 6.68. The third-order valence-corrected chi connectivity index (χ3v) is 2.00. The molecule has 0 aliphatic carbocycles. The Kier molecular flexibility index (Phi) is 1.96. The van der Waals surface area contributed by atoms with Gasteiger partial charge in [0.05, 0.1) is 5.70 Å². The van der Waals surface area contributed by atoms with E-state index < -0.39 is 0 Å². The number of aliphatic imine (C=N–C) groups is 1. The van der Waals surface area contributed by atoms with Gasteiger partial charge in [-0.2, -0.15) is 0 Å². The van der Waals surface area contributed by atoms with Crippen molar-refractivity contribution in [1.82, 2.24) is 4.90 Å². The SMILES string of the molecule is CC1=N/C(=C2\C=CC=CN2C)C(=O)O1. The van der Waals surface area contributed by atoms with Gasteiger partial charge in [-0.25, -0.2) is 9.79 Å². The van der Waals surface area contributed by atoms with Crippen LogP contribution in [0.4, 0.5) is 0 Å². The molecule has 4 nitrogen and oxygen atoms in total. The Hall–Kier alpha value is -1.84. The summed E-state index contributed by atoms with van der Waals surface area (Å²) in [6.07, 6.45) is 7.44. The molecular formula is C10H10N2O2. The third-order valence-electron chi connectivity index (χ3n) is 2.00. The summed E-state index contributed by atoms with van der Waals surface area (Å²) in [6.45, 7) is 1.66. The molecule has 0 aromatic rings. The molecule has 0 saturated carbocycles. The van der Waals surface area contributed by atoms with E-state index in [1.807, 2.05) is 36.4 Å². The number of carbonyl (C=O) groups is 1. The van der Waals surface area contributed by atoms with Crippen LogP contribution in [0.25, 0.3) is 0 Å². The zero-order valence-electron chi connectivity index (χ0n) is 8.02. The number of carbonyl (C=O) groups excluding carboxylic acids is 1. The fourth-order valence-electron chi connectivity index (χ4n) is 1.34. The summed E-state index contributed by atoms with van der Waals surface area (Å²) in [5.74, 6) is 0.0122. The van der Waals surface area contributed by atoms with Crippen molar-refractivity contribution in [2.24, 2.45) is 4.99 Å². The van der Waals surface area contributed by atoms with Crippen LogP contribution in [0.2, 0.25) is 0 Å². The molecule has 0 fully saturated rings. The molecule has 0 unspecified atom stereocenters. The number of hydrogen-bond donors (Lipinski definition) is 0. The Labute approximate surface area is 81.9 Å². The first-order valence-electron chi connectivity index (χ1n) is 4.28. The van der Waals surface area contributed by atoms with Gasteiger partial charge in [0.2, 0.25) is 0 Å². The standard InChI is InChI=1S/C10H10N2O2/c1-7-11-9(10(13)14-7)8-5-3-4-6-12(8)2/h3-6H,1-2H3/b9-8+. The molecule has 0 aromatic carbocycles. The van der Waals surface area contributed by atoms with Crippen LogP contribution in [0, 0.1) is 0 Å². The van der Waals surface area contributed by atoms with E-state index in [0.717, 1.165) is 5.70 Å². The monoisotopic (exact) mass is 190 g/mol. The summed E-state index contributed by atoms with van der Waals surface area (Å²) in [4.78, 5) is 17.2. The molecule has 2 rings (SSSR count). The highest BCUT2D eigenvalue weighted by Crippen LogP contribution is 2.20.